The molecule has 0 bridgehead atoms. The van der Waals surface area contributed by atoms with Crippen LogP contribution in [0.3, 0.4) is 0 Å². The number of benzene rings is 1. The van der Waals surface area contributed by atoms with Crippen molar-refractivity contribution >= 4 is 17.9 Å². The van der Waals surface area contributed by atoms with E-state index in [1.807, 2.05) is 19.1 Å². The van der Waals surface area contributed by atoms with Crippen LogP contribution in [0.15, 0.2) is 24.3 Å². The Bertz CT molecular complexity index is 850. The second kappa shape index (κ2) is 10.1. The van der Waals surface area contributed by atoms with Gasteiger partial charge in [-0.1, -0.05) is 19.1 Å². The molecule has 1 fully saturated rings. The lowest BCUT2D eigenvalue weighted by atomic mass is 9.68. The van der Waals surface area contributed by atoms with Crippen LogP contribution in [-0.4, -0.2) is 41.3 Å². The summed E-state index contributed by atoms with van der Waals surface area (Å²) in [5, 5.41) is 9.65. The summed E-state index contributed by atoms with van der Waals surface area (Å²) < 4.78 is 16.2. The van der Waals surface area contributed by atoms with Crippen LogP contribution in [0, 0.1) is 10.8 Å². The number of ether oxygens (including phenoxy) is 3. The van der Waals surface area contributed by atoms with Gasteiger partial charge in [-0.05, 0) is 84.4 Å². The fourth-order valence-electron chi connectivity index (χ4n) is 4.34. The minimum absolute atomic E-state index is 0.0203. The molecule has 0 spiro atoms. The van der Waals surface area contributed by atoms with Gasteiger partial charge in [-0.3, -0.25) is 9.59 Å². The zero-order chi connectivity index (χ0) is 25.0. The molecule has 3 atom stereocenters. The first-order valence-electron chi connectivity index (χ1n) is 11.6. The van der Waals surface area contributed by atoms with Gasteiger partial charge in [0.2, 0.25) is 6.10 Å². The maximum atomic E-state index is 13.5. The van der Waals surface area contributed by atoms with Crippen molar-refractivity contribution in [3.05, 3.63) is 29.8 Å². The third kappa shape index (κ3) is 7.21. The van der Waals surface area contributed by atoms with Gasteiger partial charge < -0.3 is 19.3 Å². The molecule has 1 aliphatic heterocycles. The lowest BCUT2D eigenvalue weighted by Gasteiger charge is -2.38. The molecule has 7 nitrogen and oxygen atoms in total. The molecule has 2 rings (SSSR count). The molecule has 3 unspecified atom stereocenters. The van der Waals surface area contributed by atoms with E-state index < -0.39 is 40.4 Å². The van der Waals surface area contributed by atoms with Crippen LogP contribution in [-0.2, 0) is 28.6 Å². The Hall–Kier alpha value is -2.57. The Balaban J connectivity index is 2.34. The van der Waals surface area contributed by atoms with Crippen molar-refractivity contribution in [1.82, 2.24) is 0 Å². The molecule has 0 aliphatic carbocycles. The molecule has 1 saturated heterocycles. The fraction of sp³-hybridized carbons (Fsp3) is 0.654. The SMILES string of the molecule is CCC(CC(C)(CC(C)(C)C(=O)OC(C)(C)C)C(=O)OC1CCOC1=O)c1ccc(O)cc1. The Morgan fingerprint density at radius 3 is 2.18 bits per heavy atom. The summed E-state index contributed by atoms with van der Waals surface area (Å²) in [6, 6.07) is 6.91. The first-order valence-corrected chi connectivity index (χ1v) is 11.6. The van der Waals surface area contributed by atoms with Crippen molar-refractivity contribution in [2.24, 2.45) is 10.8 Å². The topological polar surface area (TPSA) is 99.1 Å². The Kier molecular flexibility index (Phi) is 8.20. The van der Waals surface area contributed by atoms with Crippen LogP contribution in [0.2, 0.25) is 0 Å². The van der Waals surface area contributed by atoms with Gasteiger partial charge in [0, 0.05) is 6.42 Å². The van der Waals surface area contributed by atoms with Gasteiger partial charge in [-0.2, -0.15) is 0 Å². The maximum Gasteiger partial charge on any atom is 0.347 e. The number of carbonyl (C=O) groups is 3. The summed E-state index contributed by atoms with van der Waals surface area (Å²) in [6.45, 7) is 13.0. The van der Waals surface area contributed by atoms with E-state index >= 15 is 0 Å². The van der Waals surface area contributed by atoms with Crippen molar-refractivity contribution in [2.75, 3.05) is 6.61 Å². The van der Waals surface area contributed by atoms with Crippen molar-refractivity contribution in [1.29, 1.82) is 0 Å². The minimum Gasteiger partial charge on any atom is -0.508 e. The fourth-order valence-corrected chi connectivity index (χ4v) is 4.34. The third-order valence-corrected chi connectivity index (χ3v) is 5.97. The van der Waals surface area contributed by atoms with Crippen LogP contribution in [0.5, 0.6) is 5.75 Å². The van der Waals surface area contributed by atoms with Gasteiger partial charge in [0.05, 0.1) is 17.4 Å². The highest BCUT2D eigenvalue weighted by Gasteiger charge is 2.47. The van der Waals surface area contributed by atoms with Crippen LogP contribution >= 0.6 is 0 Å². The number of phenolic OH excluding ortho intramolecular Hbond substituents is 1. The van der Waals surface area contributed by atoms with Gasteiger partial charge in [-0.15, -0.1) is 0 Å². The first-order chi connectivity index (χ1) is 15.2. The molecule has 1 aromatic rings. The summed E-state index contributed by atoms with van der Waals surface area (Å²) in [4.78, 5) is 38.4. The molecule has 0 amide bonds. The number of rotatable bonds is 9. The van der Waals surface area contributed by atoms with Crippen LogP contribution in [0.1, 0.15) is 85.6 Å². The second-order valence-corrected chi connectivity index (χ2v) is 10.9. The predicted molar refractivity (Wildman–Crippen MR) is 124 cm³/mol. The van der Waals surface area contributed by atoms with Gasteiger partial charge in [0.1, 0.15) is 11.4 Å². The lowest BCUT2D eigenvalue weighted by molar-refractivity contribution is -0.175. The second-order valence-electron chi connectivity index (χ2n) is 10.9. The number of phenols is 1. The van der Waals surface area contributed by atoms with Crippen molar-refractivity contribution in [3.8, 4) is 5.75 Å². The number of aromatic hydroxyl groups is 1. The summed E-state index contributed by atoms with van der Waals surface area (Å²) in [7, 11) is 0. The molecule has 7 heteroatoms. The monoisotopic (exact) mass is 462 g/mol. The summed E-state index contributed by atoms with van der Waals surface area (Å²) in [6.07, 6.45) is 0.734. The Morgan fingerprint density at radius 2 is 1.70 bits per heavy atom. The Morgan fingerprint density at radius 1 is 1.09 bits per heavy atom. The van der Waals surface area contributed by atoms with Gasteiger partial charge in [0.15, 0.2) is 0 Å². The average molecular weight is 463 g/mol. The van der Waals surface area contributed by atoms with E-state index in [1.54, 1.807) is 53.7 Å². The highest BCUT2D eigenvalue weighted by atomic mass is 16.6. The van der Waals surface area contributed by atoms with Crippen LogP contribution in [0.25, 0.3) is 0 Å². The molecule has 184 valence electrons. The molecule has 0 radical (unpaired) electrons. The van der Waals surface area contributed by atoms with Gasteiger partial charge in [0.25, 0.3) is 0 Å². The largest absolute Gasteiger partial charge is 0.508 e. The standard InChI is InChI=1S/C26H38O7/c1-8-17(18-9-11-19(27)12-10-18)15-26(7,23(30)32-20-13-14-31-21(20)28)16-25(5,6)22(29)33-24(2,3)4/h9-12,17,20,27H,8,13-16H2,1-7H3. The van der Waals surface area contributed by atoms with Crippen molar-refractivity contribution in [3.63, 3.8) is 0 Å². The van der Waals surface area contributed by atoms with E-state index in [4.69, 9.17) is 14.2 Å². The molecule has 1 aromatic carbocycles. The molecule has 1 heterocycles. The minimum atomic E-state index is -1.07. The summed E-state index contributed by atoms with van der Waals surface area (Å²) in [5.74, 6) is -1.32. The number of hydrogen-bond acceptors (Lipinski definition) is 7. The van der Waals surface area contributed by atoms with E-state index in [1.165, 1.54) is 0 Å². The van der Waals surface area contributed by atoms with Crippen molar-refractivity contribution < 1.29 is 33.7 Å². The molecule has 0 saturated carbocycles. The molecule has 1 N–H and O–H groups in total. The first kappa shape index (κ1) is 26.7. The number of cyclic esters (lactones) is 1. The molecule has 1 aliphatic rings. The maximum absolute atomic E-state index is 13.5. The highest BCUT2D eigenvalue weighted by molar-refractivity contribution is 5.84. The normalized spacial score (nSPS) is 19.4. The number of carbonyl (C=O) groups excluding carboxylic acids is 3. The summed E-state index contributed by atoms with van der Waals surface area (Å²) in [5.41, 5.74) is -1.71. The van der Waals surface area contributed by atoms with E-state index in [0.717, 1.165) is 12.0 Å². The van der Waals surface area contributed by atoms with E-state index in [0.29, 0.717) is 12.8 Å². The summed E-state index contributed by atoms with van der Waals surface area (Å²) >= 11 is 0. The van der Waals surface area contributed by atoms with Crippen LogP contribution in [0.4, 0.5) is 0 Å². The van der Waals surface area contributed by atoms with Gasteiger partial charge >= 0.3 is 17.9 Å². The van der Waals surface area contributed by atoms with E-state index in [9.17, 15) is 19.5 Å². The predicted octanol–water partition coefficient (Wildman–Crippen LogP) is 4.90. The molecule has 33 heavy (non-hydrogen) atoms. The van der Waals surface area contributed by atoms with E-state index in [2.05, 4.69) is 0 Å². The number of hydrogen-bond donors (Lipinski definition) is 1. The van der Waals surface area contributed by atoms with Crippen LogP contribution < -0.4 is 0 Å². The quantitative estimate of drug-likeness (QED) is 0.412. The Labute approximate surface area is 196 Å². The third-order valence-electron chi connectivity index (χ3n) is 5.97. The zero-order valence-corrected chi connectivity index (χ0v) is 20.9. The molecule has 0 aromatic heterocycles. The molecular formula is C26H38O7. The average Bonchev–Trinajstić information content (AvgIpc) is 3.09. The lowest BCUT2D eigenvalue weighted by Crippen LogP contribution is -2.43. The van der Waals surface area contributed by atoms with E-state index in [-0.39, 0.29) is 24.7 Å². The number of esters is 3. The zero-order valence-electron chi connectivity index (χ0n) is 20.9. The van der Waals surface area contributed by atoms with Gasteiger partial charge in [-0.25, -0.2) is 4.79 Å². The smallest absolute Gasteiger partial charge is 0.347 e. The highest BCUT2D eigenvalue weighted by Crippen LogP contribution is 2.44. The van der Waals surface area contributed by atoms with Crippen molar-refractivity contribution in [2.45, 2.75) is 91.8 Å². The molecular weight excluding hydrogens is 424 g/mol.